The molecule has 1 amide bonds. The monoisotopic (exact) mass is 389 g/mol. The minimum Gasteiger partial charge on any atom is -0.295 e. The van der Waals surface area contributed by atoms with Crippen LogP contribution in [0, 0.1) is 0 Å². The number of nitrogens with zero attached hydrogens (tertiary/aromatic N) is 4. The molecule has 0 fully saturated rings. The number of aromatic nitrogens is 4. The summed E-state index contributed by atoms with van der Waals surface area (Å²) in [7, 11) is 0. The smallest absolute Gasteiger partial charge is 0.277 e. The lowest BCUT2D eigenvalue weighted by atomic mass is 10.4. The Morgan fingerprint density at radius 3 is 2.91 bits per heavy atom. The number of hydrogen-bond donors (Lipinski definition) is 1. The van der Waals surface area contributed by atoms with E-state index in [1.165, 1.54) is 29.3 Å². The van der Waals surface area contributed by atoms with Crippen molar-refractivity contribution in [2.24, 2.45) is 0 Å². The van der Waals surface area contributed by atoms with E-state index in [4.69, 9.17) is 11.6 Å². The predicted octanol–water partition coefficient (Wildman–Crippen LogP) is 4.24. The average Bonchev–Trinajstić information content (AvgIpc) is 2.97. The number of unbranched alkanes of at least 4 members (excludes halogenated alkanes) is 1. The van der Waals surface area contributed by atoms with Crippen molar-refractivity contribution in [3.63, 3.8) is 0 Å². The molecule has 0 aliphatic heterocycles. The van der Waals surface area contributed by atoms with Crippen molar-refractivity contribution >= 4 is 57.5 Å². The van der Waals surface area contributed by atoms with Gasteiger partial charge in [0.1, 0.15) is 0 Å². The first-order chi connectivity index (χ1) is 11.1. The van der Waals surface area contributed by atoms with Gasteiger partial charge in [0.05, 0.1) is 11.2 Å². The zero-order valence-corrected chi connectivity index (χ0v) is 15.9. The van der Waals surface area contributed by atoms with Gasteiger partial charge in [0.25, 0.3) is 5.91 Å². The van der Waals surface area contributed by atoms with Crippen LogP contribution in [0.5, 0.6) is 0 Å². The third kappa shape index (κ3) is 5.59. The van der Waals surface area contributed by atoms with Gasteiger partial charge >= 0.3 is 0 Å². The molecule has 1 N–H and O–H groups in total. The molecule has 0 aliphatic carbocycles. The summed E-state index contributed by atoms with van der Waals surface area (Å²) >= 11 is 10.4. The molecule has 124 valence electrons. The highest BCUT2D eigenvalue weighted by atomic mass is 35.5. The minimum absolute atomic E-state index is 0.146. The Labute approximate surface area is 152 Å². The first-order valence-corrected chi connectivity index (χ1v) is 10.2. The van der Waals surface area contributed by atoms with Gasteiger partial charge in [0, 0.05) is 5.75 Å². The van der Waals surface area contributed by atoms with E-state index >= 15 is 0 Å². The summed E-state index contributed by atoms with van der Waals surface area (Å²) in [6.07, 6.45) is 3.70. The molecule has 0 aliphatic rings. The Balaban J connectivity index is 2.02. The third-order valence-electron chi connectivity index (χ3n) is 2.56. The van der Waals surface area contributed by atoms with Crippen LogP contribution >= 0.6 is 46.5 Å². The van der Waals surface area contributed by atoms with E-state index in [-0.39, 0.29) is 10.7 Å². The summed E-state index contributed by atoms with van der Waals surface area (Å²) in [5.74, 6) is 1.41. The third-order valence-corrected chi connectivity index (χ3v) is 5.64. The van der Waals surface area contributed by atoms with Crippen molar-refractivity contribution in [2.45, 2.75) is 36.2 Å². The van der Waals surface area contributed by atoms with E-state index in [9.17, 15) is 4.79 Å². The fraction of sp³-hybridized carbons (Fsp3) is 0.462. The molecular formula is C13H16ClN5OS3. The summed E-state index contributed by atoms with van der Waals surface area (Å²) in [5, 5.41) is 11.9. The van der Waals surface area contributed by atoms with Crippen LogP contribution < -0.4 is 5.32 Å². The molecule has 6 nitrogen and oxygen atoms in total. The van der Waals surface area contributed by atoms with E-state index in [0.29, 0.717) is 10.3 Å². The molecule has 2 rings (SSSR count). The van der Waals surface area contributed by atoms with E-state index in [1.807, 2.05) is 6.92 Å². The van der Waals surface area contributed by atoms with Gasteiger partial charge in [-0.3, -0.25) is 10.1 Å². The van der Waals surface area contributed by atoms with Crippen molar-refractivity contribution < 1.29 is 4.79 Å². The second kappa shape index (κ2) is 9.41. The molecule has 0 radical (unpaired) electrons. The number of nitrogens with one attached hydrogen (secondary N) is 1. The van der Waals surface area contributed by atoms with Gasteiger partial charge in [-0.25, -0.2) is 9.97 Å². The van der Waals surface area contributed by atoms with Crippen LogP contribution in [-0.4, -0.2) is 37.6 Å². The maximum Gasteiger partial charge on any atom is 0.277 e. The van der Waals surface area contributed by atoms with Crippen LogP contribution in [0.1, 0.15) is 37.2 Å². The van der Waals surface area contributed by atoms with Crippen LogP contribution in [-0.2, 0) is 0 Å². The first-order valence-electron chi connectivity index (χ1n) is 7.07. The summed E-state index contributed by atoms with van der Waals surface area (Å²) in [5.41, 5.74) is 0.146. The number of hydrogen-bond acceptors (Lipinski definition) is 8. The van der Waals surface area contributed by atoms with E-state index in [2.05, 4.69) is 32.4 Å². The highest BCUT2D eigenvalue weighted by Gasteiger charge is 2.16. The summed E-state index contributed by atoms with van der Waals surface area (Å²) < 4.78 is 0.838. The predicted molar refractivity (Wildman–Crippen MR) is 96.9 cm³/mol. The number of anilines is 1. The van der Waals surface area contributed by atoms with Crippen molar-refractivity contribution in [1.82, 2.24) is 20.2 Å². The Bertz CT molecular complexity index is 667. The standard InChI is InChI=1S/C13H16ClN5OS3/c1-3-5-6-22-13-19-18-12(23-13)17-10(20)9-8(14)7-15-11(16-9)21-4-2/h7H,3-6H2,1-2H3,(H,17,18,20). The number of carbonyl (C=O) groups excluding carboxylic acids is 1. The maximum atomic E-state index is 12.3. The zero-order valence-electron chi connectivity index (χ0n) is 12.7. The molecule has 0 atom stereocenters. The van der Waals surface area contributed by atoms with Gasteiger partial charge in [-0.05, 0) is 12.2 Å². The number of rotatable bonds is 8. The van der Waals surface area contributed by atoms with Crippen LogP contribution in [0.3, 0.4) is 0 Å². The molecule has 0 saturated heterocycles. The highest BCUT2D eigenvalue weighted by Crippen LogP contribution is 2.27. The second-order valence-corrected chi connectivity index (χ2v) is 8.27. The van der Waals surface area contributed by atoms with Crippen molar-refractivity contribution in [2.75, 3.05) is 16.8 Å². The molecule has 0 spiro atoms. The van der Waals surface area contributed by atoms with Gasteiger partial charge in [0.15, 0.2) is 15.2 Å². The van der Waals surface area contributed by atoms with E-state index in [0.717, 1.165) is 28.7 Å². The molecule has 0 bridgehead atoms. The lowest BCUT2D eigenvalue weighted by molar-refractivity contribution is 0.102. The highest BCUT2D eigenvalue weighted by molar-refractivity contribution is 8.01. The van der Waals surface area contributed by atoms with Crippen LogP contribution in [0.15, 0.2) is 15.7 Å². The normalized spacial score (nSPS) is 10.7. The molecule has 0 saturated carbocycles. The SMILES string of the molecule is CCCCSc1nnc(NC(=O)c2nc(SCC)ncc2Cl)s1. The van der Waals surface area contributed by atoms with Gasteiger partial charge in [0.2, 0.25) is 5.13 Å². The molecule has 2 heterocycles. The van der Waals surface area contributed by atoms with E-state index in [1.54, 1.807) is 11.8 Å². The number of amides is 1. The van der Waals surface area contributed by atoms with Crippen molar-refractivity contribution in [3.8, 4) is 0 Å². The number of halogens is 1. The fourth-order valence-electron chi connectivity index (χ4n) is 1.49. The fourth-order valence-corrected chi connectivity index (χ4v) is 4.11. The minimum atomic E-state index is -0.406. The maximum absolute atomic E-state index is 12.3. The Kier molecular flexibility index (Phi) is 7.54. The van der Waals surface area contributed by atoms with Crippen molar-refractivity contribution in [1.29, 1.82) is 0 Å². The number of carbonyl (C=O) groups is 1. The Morgan fingerprint density at radius 2 is 2.17 bits per heavy atom. The van der Waals surface area contributed by atoms with Crippen molar-refractivity contribution in [3.05, 3.63) is 16.9 Å². The van der Waals surface area contributed by atoms with E-state index < -0.39 is 5.91 Å². The van der Waals surface area contributed by atoms with Crippen LogP contribution in [0.25, 0.3) is 0 Å². The van der Waals surface area contributed by atoms with Gasteiger partial charge in [-0.1, -0.05) is 66.7 Å². The zero-order chi connectivity index (χ0) is 16.7. The lowest BCUT2D eigenvalue weighted by Gasteiger charge is -2.04. The number of thioether (sulfide) groups is 2. The molecule has 2 aromatic rings. The summed E-state index contributed by atoms with van der Waals surface area (Å²) in [6.45, 7) is 4.13. The largest absolute Gasteiger partial charge is 0.295 e. The van der Waals surface area contributed by atoms with Gasteiger partial charge in [-0.2, -0.15) is 0 Å². The molecule has 2 aromatic heterocycles. The molecular weight excluding hydrogens is 374 g/mol. The molecule has 0 aromatic carbocycles. The van der Waals surface area contributed by atoms with Crippen LogP contribution in [0.4, 0.5) is 5.13 Å². The average molecular weight is 390 g/mol. The second-order valence-electron chi connectivity index (χ2n) is 4.31. The summed E-state index contributed by atoms with van der Waals surface area (Å²) in [4.78, 5) is 20.6. The van der Waals surface area contributed by atoms with Gasteiger partial charge in [-0.15, -0.1) is 10.2 Å². The quantitative estimate of drug-likeness (QED) is 0.313. The first kappa shape index (κ1) is 18.4. The lowest BCUT2D eigenvalue weighted by Crippen LogP contribution is -2.15. The summed E-state index contributed by atoms with van der Waals surface area (Å²) in [6, 6.07) is 0. The van der Waals surface area contributed by atoms with Crippen LogP contribution in [0.2, 0.25) is 5.02 Å². The Morgan fingerprint density at radius 1 is 1.35 bits per heavy atom. The Hall–Kier alpha value is -0.900. The van der Waals surface area contributed by atoms with Gasteiger partial charge < -0.3 is 0 Å². The molecule has 10 heteroatoms. The molecule has 23 heavy (non-hydrogen) atoms. The topological polar surface area (TPSA) is 80.7 Å². The molecule has 0 unspecified atom stereocenters.